The maximum absolute atomic E-state index is 12.1. The summed E-state index contributed by atoms with van der Waals surface area (Å²) >= 11 is 0. The number of benzene rings is 1. The molecule has 1 saturated carbocycles. The van der Waals surface area contributed by atoms with Crippen LogP contribution in [0.2, 0.25) is 0 Å². The fourth-order valence-electron chi connectivity index (χ4n) is 3.25. The number of nitrogens with one attached hydrogen (secondary N) is 1. The van der Waals surface area contributed by atoms with Crippen LogP contribution in [0, 0.1) is 5.92 Å². The van der Waals surface area contributed by atoms with E-state index < -0.39 is 0 Å². The Morgan fingerprint density at radius 1 is 1.30 bits per heavy atom. The van der Waals surface area contributed by atoms with Crippen LogP contribution >= 0.6 is 0 Å². The predicted octanol–water partition coefficient (Wildman–Crippen LogP) is 3.97. The molecule has 3 rings (SSSR count). The highest BCUT2D eigenvalue weighted by Crippen LogP contribution is 2.24. The van der Waals surface area contributed by atoms with E-state index >= 15 is 0 Å². The Bertz CT molecular complexity index is 636. The highest BCUT2D eigenvalue weighted by Gasteiger charge is 2.20. The molecule has 0 saturated heterocycles. The zero-order chi connectivity index (χ0) is 16.1. The second kappa shape index (κ2) is 7.44. The number of aromatic nitrogens is 1. The molecule has 1 amide bonds. The third kappa shape index (κ3) is 4.44. The van der Waals surface area contributed by atoms with Gasteiger partial charge >= 0.3 is 0 Å². The van der Waals surface area contributed by atoms with Gasteiger partial charge in [0.25, 0.3) is 0 Å². The molecule has 4 heteroatoms. The largest absolute Gasteiger partial charge is 0.441 e. The molecule has 1 aromatic carbocycles. The summed E-state index contributed by atoms with van der Waals surface area (Å²) in [7, 11) is 0. The van der Waals surface area contributed by atoms with Crippen LogP contribution < -0.4 is 5.32 Å². The molecule has 23 heavy (non-hydrogen) atoms. The zero-order valence-electron chi connectivity index (χ0n) is 13.6. The van der Waals surface area contributed by atoms with Gasteiger partial charge in [0.2, 0.25) is 5.91 Å². The molecule has 2 aromatic rings. The van der Waals surface area contributed by atoms with E-state index in [4.69, 9.17) is 4.42 Å². The summed E-state index contributed by atoms with van der Waals surface area (Å²) in [5, 5.41) is 3.15. The topological polar surface area (TPSA) is 55.1 Å². The number of oxazole rings is 1. The van der Waals surface area contributed by atoms with Crippen LogP contribution in [-0.2, 0) is 11.2 Å². The predicted molar refractivity (Wildman–Crippen MR) is 89.8 cm³/mol. The summed E-state index contributed by atoms with van der Waals surface area (Å²) in [5.41, 5.74) is 1.01. The van der Waals surface area contributed by atoms with Crippen molar-refractivity contribution in [3.8, 4) is 11.3 Å². The van der Waals surface area contributed by atoms with Crippen molar-refractivity contribution in [3.63, 3.8) is 0 Å². The molecule has 0 bridgehead atoms. The smallest absolute Gasteiger partial charge is 0.220 e. The van der Waals surface area contributed by atoms with Crippen molar-refractivity contribution in [1.29, 1.82) is 0 Å². The lowest BCUT2D eigenvalue weighted by Gasteiger charge is -2.27. The monoisotopic (exact) mass is 312 g/mol. The van der Waals surface area contributed by atoms with Gasteiger partial charge in [0, 0.05) is 24.4 Å². The molecule has 1 fully saturated rings. The molecular weight excluding hydrogens is 288 g/mol. The normalized spacial score (nSPS) is 21.1. The molecule has 2 unspecified atom stereocenters. The number of hydrogen-bond donors (Lipinski definition) is 1. The second-order valence-electron chi connectivity index (χ2n) is 6.52. The van der Waals surface area contributed by atoms with Gasteiger partial charge in [-0.1, -0.05) is 50.1 Å². The highest BCUT2D eigenvalue weighted by atomic mass is 16.4. The molecule has 1 heterocycles. The van der Waals surface area contributed by atoms with Crippen molar-refractivity contribution in [3.05, 3.63) is 42.4 Å². The first-order valence-electron chi connectivity index (χ1n) is 8.50. The van der Waals surface area contributed by atoms with Gasteiger partial charge in [-0.3, -0.25) is 4.79 Å². The van der Waals surface area contributed by atoms with Gasteiger partial charge in [-0.2, -0.15) is 0 Å². The van der Waals surface area contributed by atoms with Crippen molar-refractivity contribution >= 4 is 5.91 Å². The molecular formula is C19H24N2O2. The van der Waals surface area contributed by atoms with E-state index in [1.165, 1.54) is 12.8 Å². The van der Waals surface area contributed by atoms with Crippen LogP contribution in [0.1, 0.15) is 44.9 Å². The van der Waals surface area contributed by atoms with E-state index in [1.807, 2.05) is 30.3 Å². The highest BCUT2D eigenvalue weighted by molar-refractivity contribution is 5.76. The Hall–Kier alpha value is -2.10. The van der Waals surface area contributed by atoms with Gasteiger partial charge in [-0.15, -0.1) is 0 Å². The molecule has 0 radical (unpaired) electrons. The molecule has 4 nitrogen and oxygen atoms in total. The molecule has 2 atom stereocenters. The Balaban J connectivity index is 1.48. The molecule has 1 aliphatic carbocycles. The first-order valence-corrected chi connectivity index (χ1v) is 8.50. The Labute approximate surface area is 137 Å². The van der Waals surface area contributed by atoms with E-state index in [1.54, 1.807) is 6.20 Å². The summed E-state index contributed by atoms with van der Waals surface area (Å²) in [6.45, 7) is 2.26. The fourth-order valence-corrected chi connectivity index (χ4v) is 3.25. The van der Waals surface area contributed by atoms with Crippen molar-refractivity contribution in [2.45, 2.75) is 51.5 Å². The Morgan fingerprint density at radius 3 is 2.91 bits per heavy atom. The Kier molecular flexibility index (Phi) is 5.11. The minimum atomic E-state index is 0.101. The molecule has 0 spiro atoms. The lowest BCUT2D eigenvalue weighted by atomic mass is 9.87. The lowest BCUT2D eigenvalue weighted by molar-refractivity contribution is -0.122. The van der Waals surface area contributed by atoms with Crippen LogP contribution in [0.5, 0.6) is 0 Å². The average molecular weight is 312 g/mol. The number of nitrogens with zero attached hydrogens (tertiary/aromatic N) is 1. The first-order chi connectivity index (χ1) is 11.2. The number of carbonyl (C=O) groups is 1. The summed E-state index contributed by atoms with van der Waals surface area (Å²) in [5.74, 6) is 2.19. The van der Waals surface area contributed by atoms with Gasteiger partial charge in [0.1, 0.15) is 0 Å². The van der Waals surface area contributed by atoms with E-state index in [0.717, 1.165) is 24.2 Å². The third-order valence-corrected chi connectivity index (χ3v) is 4.48. The maximum atomic E-state index is 12.1. The van der Waals surface area contributed by atoms with Crippen LogP contribution in [0.4, 0.5) is 0 Å². The van der Waals surface area contributed by atoms with Crippen LogP contribution in [-0.4, -0.2) is 16.9 Å². The maximum Gasteiger partial charge on any atom is 0.220 e. The fraction of sp³-hybridized carbons (Fsp3) is 0.474. The number of rotatable bonds is 5. The standard InChI is InChI=1S/C19H24N2O2/c1-14-6-5-9-16(12-14)21-18(22)10-11-19-20-13-17(23-19)15-7-3-2-4-8-15/h2-4,7-8,13-14,16H,5-6,9-12H2,1H3,(H,21,22). The summed E-state index contributed by atoms with van der Waals surface area (Å²) < 4.78 is 5.74. The van der Waals surface area contributed by atoms with Crippen molar-refractivity contribution in [2.75, 3.05) is 0 Å². The second-order valence-corrected chi connectivity index (χ2v) is 6.52. The average Bonchev–Trinajstić information content (AvgIpc) is 3.03. The Morgan fingerprint density at radius 2 is 2.13 bits per heavy atom. The van der Waals surface area contributed by atoms with Crippen LogP contribution in [0.15, 0.2) is 40.9 Å². The zero-order valence-corrected chi connectivity index (χ0v) is 13.6. The first kappa shape index (κ1) is 15.8. The number of hydrogen-bond acceptors (Lipinski definition) is 3. The van der Waals surface area contributed by atoms with Gasteiger partial charge in [-0.25, -0.2) is 4.98 Å². The van der Waals surface area contributed by atoms with Gasteiger partial charge in [0.15, 0.2) is 11.7 Å². The van der Waals surface area contributed by atoms with Crippen molar-refractivity contribution < 1.29 is 9.21 Å². The summed E-state index contributed by atoms with van der Waals surface area (Å²) in [6.07, 6.45) is 7.40. The molecule has 1 aromatic heterocycles. The summed E-state index contributed by atoms with van der Waals surface area (Å²) in [4.78, 5) is 16.4. The molecule has 1 aliphatic rings. The van der Waals surface area contributed by atoms with E-state index in [-0.39, 0.29) is 5.91 Å². The quantitative estimate of drug-likeness (QED) is 0.909. The van der Waals surface area contributed by atoms with Gasteiger partial charge < -0.3 is 9.73 Å². The number of amides is 1. The van der Waals surface area contributed by atoms with E-state index in [2.05, 4.69) is 17.2 Å². The molecule has 1 N–H and O–H groups in total. The number of aryl methyl sites for hydroxylation is 1. The third-order valence-electron chi connectivity index (χ3n) is 4.48. The molecule has 122 valence electrons. The minimum absolute atomic E-state index is 0.101. The van der Waals surface area contributed by atoms with Crippen molar-refractivity contribution in [2.24, 2.45) is 5.92 Å². The van der Waals surface area contributed by atoms with E-state index in [9.17, 15) is 4.79 Å². The minimum Gasteiger partial charge on any atom is -0.441 e. The SMILES string of the molecule is CC1CCCC(NC(=O)CCc2ncc(-c3ccccc3)o2)C1. The summed E-state index contributed by atoms with van der Waals surface area (Å²) in [6, 6.07) is 10.2. The molecule has 0 aliphatic heterocycles. The van der Waals surface area contributed by atoms with Crippen molar-refractivity contribution in [1.82, 2.24) is 10.3 Å². The van der Waals surface area contributed by atoms with Crippen LogP contribution in [0.25, 0.3) is 11.3 Å². The lowest BCUT2D eigenvalue weighted by Crippen LogP contribution is -2.38. The number of carbonyl (C=O) groups excluding carboxylic acids is 1. The van der Waals surface area contributed by atoms with Crippen LogP contribution in [0.3, 0.4) is 0 Å². The van der Waals surface area contributed by atoms with E-state index in [0.29, 0.717) is 30.7 Å². The van der Waals surface area contributed by atoms with Gasteiger partial charge in [-0.05, 0) is 18.8 Å². The van der Waals surface area contributed by atoms with Gasteiger partial charge in [0.05, 0.1) is 6.20 Å².